The standard InChI is InChI=1S/C22H25N5O3/c1-13(2)12-30-20-15(7-5-8-17(20)29-4)16-11-18(28)25-21-19(16)14(3)26-27(21)22-23-9-6-10-24-22/h5-10,13,16H,11-12H2,1-4H3,(H,25,28)/t16-/m1/s1. The van der Waals surface area contributed by atoms with Crippen molar-refractivity contribution in [2.75, 3.05) is 19.0 Å². The topological polar surface area (TPSA) is 91.2 Å². The van der Waals surface area contributed by atoms with E-state index in [2.05, 4.69) is 34.2 Å². The first kappa shape index (κ1) is 19.9. The van der Waals surface area contributed by atoms with Crippen molar-refractivity contribution in [2.24, 2.45) is 5.92 Å². The van der Waals surface area contributed by atoms with Crippen molar-refractivity contribution in [3.63, 3.8) is 0 Å². The summed E-state index contributed by atoms with van der Waals surface area (Å²) < 4.78 is 13.3. The molecule has 1 amide bonds. The number of carbonyl (C=O) groups is 1. The number of carbonyl (C=O) groups excluding carboxylic acids is 1. The van der Waals surface area contributed by atoms with Crippen molar-refractivity contribution < 1.29 is 14.3 Å². The Kier molecular flexibility index (Phi) is 5.39. The lowest BCUT2D eigenvalue weighted by Gasteiger charge is -2.26. The third-order valence-electron chi connectivity index (χ3n) is 5.01. The highest BCUT2D eigenvalue weighted by atomic mass is 16.5. The molecule has 0 bridgehead atoms. The summed E-state index contributed by atoms with van der Waals surface area (Å²) in [5.41, 5.74) is 2.65. The van der Waals surface area contributed by atoms with Crippen molar-refractivity contribution in [1.82, 2.24) is 19.7 Å². The molecule has 0 saturated heterocycles. The molecule has 0 unspecified atom stereocenters. The number of methoxy groups -OCH3 is 1. The Morgan fingerprint density at radius 1 is 1.23 bits per heavy atom. The Bertz CT molecular complexity index is 1060. The lowest BCUT2D eigenvalue weighted by atomic mass is 9.85. The van der Waals surface area contributed by atoms with E-state index < -0.39 is 0 Å². The van der Waals surface area contributed by atoms with Gasteiger partial charge in [-0.2, -0.15) is 9.78 Å². The second-order valence-electron chi connectivity index (χ2n) is 7.70. The highest BCUT2D eigenvalue weighted by molar-refractivity contribution is 5.95. The number of benzene rings is 1. The molecular formula is C22H25N5O3. The summed E-state index contributed by atoms with van der Waals surface area (Å²) in [6, 6.07) is 7.52. The van der Waals surface area contributed by atoms with Gasteiger partial charge in [0.2, 0.25) is 5.91 Å². The SMILES string of the molecule is COc1cccc([C@H]2CC(=O)Nc3c2c(C)nn3-c2ncccn2)c1OCC(C)C. The molecule has 0 fully saturated rings. The van der Waals surface area contributed by atoms with Crippen molar-refractivity contribution in [2.45, 2.75) is 33.1 Å². The molecule has 1 N–H and O–H groups in total. The van der Waals surface area contributed by atoms with Crippen molar-refractivity contribution in [3.05, 3.63) is 53.5 Å². The van der Waals surface area contributed by atoms with Gasteiger partial charge in [-0.05, 0) is 25.0 Å². The number of hydrogen-bond acceptors (Lipinski definition) is 6. The van der Waals surface area contributed by atoms with Gasteiger partial charge in [-0.1, -0.05) is 26.0 Å². The highest BCUT2D eigenvalue weighted by Crippen LogP contribution is 2.45. The smallest absolute Gasteiger partial charge is 0.252 e. The molecule has 3 aromatic rings. The van der Waals surface area contributed by atoms with Gasteiger partial charge in [-0.25, -0.2) is 9.97 Å². The Labute approximate surface area is 175 Å². The number of para-hydroxylation sites is 1. The van der Waals surface area contributed by atoms with Crippen LogP contribution in [0.15, 0.2) is 36.7 Å². The molecule has 30 heavy (non-hydrogen) atoms. The summed E-state index contributed by atoms with van der Waals surface area (Å²) in [6.07, 6.45) is 3.59. The van der Waals surface area contributed by atoms with Crippen molar-refractivity contribution in [3.8, 4) is 17.4 Å². The largest absolute Gasteiger partial charge is 0.493 e. The molecule has 8 nitrogen and oxygen atoms in total. The molecule has 0 radical (unpaired) electrons. The lowest BCUT2D eigenvalue weighted by molar-refractivity contribution is -0.116. The molecule has 4 rings (SSSR count). The monoisotopic (exact) mass is 407 g/mol. The summed E-state index contributed by atoms with van der Waals surface area (Å²) in [5.74, 6) is 2.36. The van der Waals surface area contributed by atoms with E-state index in [0.717, 1.165) is 16.8 Å². The van der Waals surface area contributed by atoms with Crippen LogP contribution in [0.4, 0.5) is 5.82 Å². The second-order valence-corrected chi connectivity index (χ2v) is 7.70. The third-order valence-corrected chi connectivity index (χ3v) is 5.01. The molecule has 8 heteroatoms. The highest BCUT2D eigenvalue weighted by Gasteiger charge is 2.35. The van der Waals surface area contributed by atoms with Gasteiger partial charge >= 0.3 is 0 Å². The Hall–Kier alpha value is -3.42. The fraction of sp³-hybridized carbons (Fsp3) is 0.364. The number of ether oxygens (including phenoxy) is 2. The number of nitrogens with zero attached hydrogens (tertiary/aromatic N) is 4. The summed E-state index contributed by atoms with van der Waals surface area (Å²) in [4.78, 5) is 21.2. The number of anilines is 1. The molecule has 1 aliphatic heterocycles. The van der Waals surface area contributed by atoms with Crippen LogP contribution in [0.3, 0.4) is 0 Å². The summed E-state index contributed by atoms with van der Waals surface area (Å²) in [7, 11) is 1.62. The van der Waals surface area contributed by atoms with Crippen LogP contribution < -0.4 is 14.8 Å². The van der Waals surface area contributed by atoms with Crippen molar-refractivity contribution >= 4 is 11.7 Å². The number of nitrogens with one attached hydrogen (secondary N) is 1. The number of amides is 1. The Morgan fingerprint density at radius 3 is 2.70 bits per heavy atom. The Morgan fingerprint density at radius 2 is 2.00 bits per heavy atom. The molecule has 0 saturated carbocycles. The van der Waals surface area contributed by atoms with Crippen LogP contribution >= 0.6 is 0 Å². The predicted molar refractivity (Wildman–Crippen MR) is 112 cm³/mol. The van der Waals surface area contributed by atoms with Crippen LogP contribution in [0.5, 0.6) is 11.5 Å². The van der Waals surface area contributed by atoms with E-state index in [1.165, 1.54) is 0 Å². The number of aryl methyl sites for hydroxylation is 1. The van der Waals surface area contributed by atoms with E-state index in [1.54, 1.807) is 30.3 Å². The van der Waals surface area contributed by atoms with Crippen LogP contribution in [0.25, 0.3) is 5.95 Å². The minimum atomic E-state index is -0.219. The van der Waals surface area contributed by atoms with Gasteiger partial charge in [-0.3, -0.25) is 4.79 Å². The van der Waals surface area contributed by atoms with Crippen LogP contribution in [0.2, 0.25) is 0 Å². The molecule has 2 aromatic heterocycles. The summed E-state index contributed by atoms with van der Waals surface area (Å²) >= 11 is 0. The maximum Gasteiger partial charge on any atom is 0.252 e. The molecule has 0 aliphatic carbocycles. The lowest BCUT2D eigenvalue weighted by Crippen LogP contribution is -2.25. The van der Waals surface area contributed by atoms with E-state index >= 15 is 0 Å². The number of aromatic nitrogens is 4. The average molecular weight is 407 g/mol. The summed E-state index contributed by atoms with van der Waals surface area (Å²) in [5, 5.41) is 7.58. The fourth-order valence-electron chi connectivity index (χ4n) is 3.73. The van der Waals surface area contributed by atoms with Gasteiger partial charge in [0.1, 0.15) is 5.82 Å². The van der Waals surface area contributed by atoms with Gasteiger partial charge in [0.05, 0.1) is 19.4 Å². The molecule has 1 aromatic carbocycles. The average Bonchev–Trinajstić information content (AvgIpc) is 3.08. The van der Waals surface area contributed by atoms with Gasteiger partial charge in [0.15, 0.2) is 11.5 Å². The van der Waals surface area contributed by atoms with Gasteiger partial charge in [0.25, 0.3) is 5.95 Å². The zero-order chi connectivity index (χ0) is 21.3. The maximum absolute atomic E-state index is 12.7. The number of hydrogen-bond donors (Lipinski definition) is 1. The molecule has 156 valence electrons. The summed E-state index contributed by atoms with van der Waals surface area (Å²) in [6.45, 7) is 6.66. The van der Waals surface area contributed by atoms with E-state index in [-0.39, 0.29) is 11.8 Å². The third kappa shape index (κ3) is 3.60. The van der Waals surface area contributed by atoms with Crippen LogP contribution in [0.1, 0.15) is 43.0 Å². The minimum absolute atomic E-state index is 0.0952. The van der Waals surface area contributed by atoms with E-state index in [4.69, 9.17) is 9.47 Å². The van der Waals surface area contributed by atoms with E-state index in [9.17, 15) is 4.79 Å². The van der Waals surface area contributed by atoms with E-state index in [1.807, 2.05) is 25.1 Å². The van der Waals surface area contributed by atoms with E-state index in [0.29, 0.717) is 42.2 Å². The van der Waals surface area contributed by atoms with Gasteiger partial charge in [-0.15, -0.1) is 0 Å². The van der Waals surface area contributed by atoms with Gasteiger partial charge < -0.3 is 14.8 Å². The predicted octanol–water partition coefficient (Wildman–Crippen LogP) is 3.49. The molecule has 1 atom stereocenters. The molecule has 3 heterocycles. The quantitative estimate of drug-likeness (QED) is 0.673. The minimum Gasteiger partial charge on any atom is -0.493 e. The Balaban J connectivity index is 1.85. The first-order chi connectivity index (χ1) is 14.5. The molecule has 1 aliphatic rings. The van der Waals surface area contributed by atoms with Gasteiger partial charge in [0, 0.05) is 35.9 Å². The second kappa shape index (κ2) is 8.14. The first-order valence-corrected chi connectivity index (χ1v) is 9.96. The number of fused-ring (bicyclic) bond motifs is 1. The van der Waals surface area contributed by atoms with Crippen LogP contribution in [0, 0.1) is 12.8 Å². The fourth-order valence-corrected chi connectivity index (χ4v) is 3.73. The van der Waals surface area contributed by atoms with Crippen LogP contribution in [-0.4, -0.2) is 39.4 Å². The molecular weight excluding hydrogens is 382 g/mol. The van der Waals surface area contributed by atoms with Crippen molar-refractivity contribution in [1.29, 1.82) is 0 Å². The number of rotatable bonds is 6. The van der Waals surface area contributed by atoms with Crippen LogP contribution in [-0.2, 0) is 4.79 Å². The molecule has 0 spiro atoms. The first-order valence-electron chi connectivity index (χ1n) is 9.96. The maximum atomic E-state index is 12.7. The normalized spacial score (nSPS) is 15.6. The zero-order valence-electron chi connectivity index (χ0n) is 17.5. The zero-order valence-corrected chi connectivity index (χ0v) is 17.5.